The van der Waals surface area contributed by atoms with Crippen LogP contribution in [0.25, 0.3) is 0 Å². The Kier molecular flexibility index (Phi) is 15.6. The molecule has 0 aliphatic rings. The Bertz CT molecular complexity index is 987. The van der Waals surface area contributed by atoms with Gasteiger partial charge in [0.15, 0.2) is 0 Å². The van der Waals surface area contributed by atoms with Crippen molar-refractivity contribution in [1.29, 1.82) is 0 Å². The quantitative estimate of drug-likeness (QED) is 0.207. The van der Waals surface area contributed by atoms with Gasteiger partial charge in [-0.2, -0.15) is 0 Å². The van der Waals surface area contributed by atoms with Gasteiger partial charge in [-0.15, -0.1) is 0 Å². The molecule has 3 aromatic carbocycles. The highest BCUT2D eigenvalue weighted by Gasteiger charge is 2.24. The third-order valence-corrected chi connectivity index (χ3v) is 5.10. The zero-order valence-corrected chi connectivity index (χ0v) is 21.0. The first-order valence-electron chi connectivity index (χ1n) is 11.2. The van der Waals surface area contributed by atoms with Crippen LogP contribution in [0.3, 0.4) is 0 Å². The second kappa shape index (κ2) is 17.7. The maximum atomic E-state index is 10.2. The minimum Gasteiger partial charge on any atom is -0.508 e. The molecule has 0 fully saturated rings. The summed E-state index contributed by atoms with van der Waals surface area (Å²) in [5.74, 6) is -2.74. The number of carboxylic acids is 3. The van der Waals surface area contributed by atoms with E-state index in [4.69, 9.17) is 46.0 Å². The van der Waals surface area contributed by atoms with E-state index in [1.54, 1.807) is 0 Å². The van der Waals surface area contributed by atoms with Crippen LogP contribution < -0.4 is 0 Å². The Labute approximate surface area is 223 Å². The van der Waals surface area contributed by atoms with E-state index >= 15 is 0 Å². The number of aliphatic hydroxyl groups is 3. The Hall–Kier alpha value is -4.65. The predicted molar refractivity (Wildman–Crippen MR) is 139 cm³/mol. The lowest BCUT2D eigenvalue weighted by atomic mass is 9.88. The fourth-order valence-corrected chi connectivity index (χ4v) is 2.30. The van der Waals surface area contributed by atoms with Gasteiger partial charge in [0, 0.05) is 5.41 Å². The molecule has 0 unspecified atom stereocenters. The number of aromatic hydroxyl groups is 3. The Balaban J connectivity index is 0.000000494. The minimum atomic E-state index is -0.986. The molecule has 12 nitrogen and oxygen atoms in total. The standard InChI is InChI=1S/3C7H6O3.C6H14O3/c3*8-6-3-1-5(2-4-6)7(9)10;1-2-6(3-7,4-8)5-9/h3*1-4,8H,(H,9,10);7-9H,2-5H2,1H3. The van der Waals surface area contributed by atoms with Crippen molar-refractivity contribution in [2.75, 3.05) is 19.8 Å². The highest BCUT2D eigenvalue weighted by atomic mass is 16.4. The van der Waals surface area contributed by atoms with E-state index in [1.807, 2.05) is 6.92 Å². The molecule has 0 saturated carbocycles. The lowest BCUT2D eigenvalue weighted by Crippen LogP contribution is -2.32. The number of benzene rings is 3. The second-order valence-electron chi connectivity index (χ2n) is 7.88. The Morgan fingerprint density at radius 2 is 0.718 bits per heavy atom. The molecule has 3 rings (SSSR count). The first-order chi connectivity index (χ1) is 18.3. The molecule has 0 amide bonds. The van der Waals surface area contributed by atoms with Crippen LogP contribution in [-0.4, -0.2) is 83.7 Å². The number of aliphatic hydroxyl groups excluding tert-OH is 3. The first-order valence-corrected chi connectivity index (χ1v) is 11.2. The summed E-state index contributed by atoms with van der Waals surface area (Å²) in [4.78, 5) is 30.7. The molecule has 0 heterocycles. The molecule has 0 aliphatic heterocycles. The summed E-state index contributed by atoms with van der Waals surface area (Å²) in [5, 5.41) is 77.4. The molecule has 3 aromatic rings. The van der Waals surface area contributed by atoms with Crippen molar-refractivity contribution in [3.05, 3.63) is 89.5 Å². The number of carbonyl (C=O) groups is 3. The largest absolute Gasteiger partial charge is 0.508 e. The first kappa shape index (κ1) is 34.4. The molecule has 0 spiro atoms. The van der Waals surface area contributed by atoms with Crippen molar-refractivity contribution in [3.63, 3.8) is 0 Å². The summed E-state index contributed by atoms with van der Waals surface area (Å²) in [6.45, 7) is 1.35. The molecule has 0 saturated heterocycles. The van der Waals surface area contributed by atoms with Crippen LogP contribution in [0.4, 0.5) is 0 Å². The summed E-state index contributed by atoms with van der Waals surface area (Å²) in [6.07, 6.45) is 0.594. The van der Waals surface area contributed by atoms with Gasteiger partial charge in [0.25, 0.3) is 0 Å². The van der Waals surface area contributed by atoms with Gasteiger partial charge in [-0.05, 0) is 79.2 Å². The van der Waals surface area contributed by atoms with Gasteiger partial charge in [-0.25, -0.2) is 14.4 Å². The van der Waals surface area contributed by atoms with Gasteiger partial charge >= 0.3 is 17.9 Å². The smallest absolute Gasteiger partial charge is 0.335 e. The number of carboxylic acid groups (broad SMARTS) is 3. The summed E-state index contributed by atoms with van der Waals surface area (Å²) >= 11 is 0. The van der Waals surface area contributed by atoms with Crippen LogP contribution in [0.2, 0.25) is 0 Å². The molecule has 212 valence electrons. The predicted octanol–water partition coefficient (Wildman–Crippen LogP) is 2.63. The van der Waals surface area contributed by atoms with Crippen molar-refractivity contribution in [3.8, 4) is 17.2 Å². The summed E-state index contributed by atoms with van der Waals surface area (Å²) in [7, 11) is 0. The van der Waals surface area contributed by atoms with E-state index in [0.29, 0.717) is 6.42 Å². The van der Waals surface area contributed by atoms with Gasteiger partial charge in [-0.3, -0.25) is 0 Å². The molecule has 0 atom stereocenters. The third kappa shape index (κ3) is 13.5. The maximum Gasteiger partial charge on any atom is 0.335 e. The lowest BCUT2D eigenvalue weighted by molar-refractivity contribution is 0.00303. The summed E-state index contributed by atoms with van der Waals surface area (Å²) in [5.41, 5.74) is -0.131. The van der Waals surface area contributed by atoms with E-state index in [1.165, 1.54) is 72.8 Å². The number of hydrogen-bond acceptors (Lipinski definition) is 9. The maximum absolute atomic E-state index is 10.2. The fourth-order valence-electron chi connectivity index (χ4n) is 2.30. The van der Waals surface area contributed by atoms with Crippen molar-refractivity contribution in [2.45, 2.75) is 13.3 Å². The van der Waals surface area contributed by atoms with Crippen LogP contribution in [0.1, 0.15) is 44.4 Å². The molecular weight excluding hydrogens is 516 g/mol. The average Bonchev–Trinajstić information content (AvgIpc) is 2.92. The average molecular weight is 549 g/mol. The van der Waals surface area contributed by atoms with Crippen LogP contribution in [0.5, 0.6) is 17.2 Å². The van der Waals surface area contributed by atoms with Gasteiger partial charge in [0.2, 0.25) is 0 Å². The highest BCUT2D eigenvalue weighted by molar-refractivity contribution is 5.88. The molecule has 0 bridgehead atoms. The summed E-state index contributed by atoms with van der Waals surface area (Å²) < 4.78 is 0. The molecule has 9 N–H and O–H groups in total. The molecule has 0 aliphatic carbocycles. The molecular formula is C27H32O12. The third-order valence-electron chi connectivity index (χ3n) is 5.10. The zero-order valence-electron chi connectivity index (χ0n) is 21.0. The van der Waals surface area contributed by atoms with Crippen LogP contribution in [-0.2, 0) is 0 Å². The van der Waals surface area contributed by atoms with Crippen molar-refractivity contribution in [2.24, 2.45) is 5.41 Å². The molecule has 12 heteroatoms. The zero-order chi connectivity index (χ0) is 30.0. The van der Waals surface area contributed by atoms with E-state index in [9.17, 15) is 14.4 Å². The van der Waals surface area contributed by atoms with E-state index < -0.39 is 23.3 Å². The molecule has 39 heavy (non-hydrogen) atoms. The van der Waals surface area contributed by atoms with Crippen LogP contribution in [0.15, 0.2) is 72.8 Å². The van der Waals surface area contributed by atoms with Crippen LogP contribution >= 0.6 is 0 Å². The van der Waals surface area contributed by atoms with Gasteiger partial charge in [0.1, 0.15) is 17.2 Å². The van der Waals surface area contributed by atoms with Crippen molar-refractivity contribution < 1.29 is 60.3 Å². The number of aromatic carboxylic acids is 3. The van der Waals surface area contributed by atoms with Gasteiger partial charge in [-0.1, -0.05) is 6.92 Å². The van der Waals surface area contributed by atoms with Crippen molar-refractivity contribution >= 4 is 17.9 Å². The van der Waals surface area contributed by atoms with Crippen molar-refractivity contribution in [1.82, 2.24) is 0 Å². The van der Waals surface area contributed by atoms with E-state index in [-0.39, 0.29) is 53.8 Å². The minimum absolute atomic E-state index is 0.0741. The monoisotopic (exact) mass is 548 g/mol. The normalized spacial score (nSPS) is 9.85. The summed E-state index contributed by atoms with van der Waals surface area (Å²) in [6, 6.07) is 16.1. The molecule has 0 radical (unpaired) electrons. The SMILES string of the molecule is CCC(CO)(CO)CO.O=C(O)c1ccc(O)cc1.O=C(O)c1ccc(O)cc1.O=C(O)c1ccc(O)cc1. The fraction of sp³-hybridized carbons (Fsp3) is 0.222. The Morgan fingerprint density at radius 3 is 0.821 bits per heavy atom. The Morgan fingerprint density at radius 1 is 0.513 bits per heavy atom. The highest BCUT2D eigenvalue weighted by Crippen LogP contribution is 2.18. The number of phenolic OH excluding ortho intramolecular Hbond substituents is 3. The second-order valence-corrected chi connectivity index (χ2v) is 7.88. The van der Waals surface area contributed by atoms with Gasteiger partial charge < -0.3 is 46.0 Å². The molecule has 0 aromatic heterocycles. The number of hydrogen-bond donors (Lipinski definition) is 9. The van der Waals surface area contributed by atoms with E-state index in [0.717, 1.165) is 0 Å². The number of phenols is 3. The van der Waals surface area contributed by atoms with Gasteiger partial charge in [0.05, 0.1) is 36.5 Å². The lowest BCUT2D eigenvalue weighted by Gasteiger charge is -2.24. The van der Waals surface area contributed by atoms with Crippen LogP contribution in [0, 0.1) is 5.41 Å². The van der Waals surface area contributed by atoms with E-state index in [2.05, 4.69) is 0 Å². The number of rotatable bonds is 7. The topological polar surface area (TPSA) is 233 Å².